The van der Waals surface area contributed by atoms with Gasteiger partial charge < -0.3 is 9.47 Å². The quantitative estimate of drug-likeness (QED) is 0.545. The lowest BCUT2D eigenvalue weighted by molar-refractivity contribution is -0.0710. The largest absolute Gasteiger partial charge is 0.443 e. The number of anilines is 1. The lowest BCUT2D eigenvalue weighted by Crippen LogP contribution is -2.44. The minimum absolute atomic E-state index is 0.226. The second-order valence-electron chi connectivity index (χ2n) is 9.43. The Morgan fingerprint density at radius 2 is 2.13 bits per heavy atom. The molecule has 2 aromatic rings. The summed E-state index contributed by atoms with van der Waals surface area (Å²) in [5.74, 6) is -0.00643. The Morgan fingerprint density at radius 3 is 2.81 bits per heavy atom. The van der Waals surface area contributed by atoms with Gasteiger partial charge in [0, 0.05) is 31.0 Å². The van der Waals surface area contributed by atoms with Crippen LogP contribution in [0.15, 0.2) is 30.5 Å². The van der Waals surface area contributed by atoms with Gasteiger partial charge in [0.25, 0.3) is 0 Å². The van der Waals surface area contributed by atoms with Crippen molar-refractivity contribution >= 4 is 23.5 Å². The summed E-state index contributed by atoms with van der Waals surface area (Å²) in [5, 5.41) is 0.279. The van der Waals surface area contributed by atoms with Crippen LogP contribution >= 0.6 is 11.6 Å². The van der Waals surface area contributed by atoms with E-state index in [9.17, 15) is 9.18 Å². The van der Waals surface area contributed by atoms with Crippen molar-refractivity contribution in [3.8, 4) is 11.3 Å². The summed E-state index contributed by atoms with van der Waals surface area (Å²) in [5.41, 5.74) is -0.0451. The number of hydrogen-bond acceptors (Lipinski definition) is 5. The van der Waals surface area contributed by atoms with E-state index in [0.717, 1.165) is 12.8 Å². The number of hydrogen-bond donors (Lipinski definition) is 0. The van der Waals surface area contributed by atoms with Crippen molar-refractivity contribution in [2.75, 3.05) is 18.1 Å². The van der Waals surface area contributed by atoms with Crippen LogP contribution in [0.3, 0.4) is 0 Å². The molecule has 3 rings (SSSR count). The molecule has 0 aliphatic carbocycles. The zero-order chi connectivity index (χ0) is 22.8. The SMILES string of the molecule is CC(C)(C)OC(=O)N(C[C@@H]1CCOC(C)(C)C1)c1cccc(-c2cc(F)ncc2Cl)n1. The first kappa shape index (κ1) is 23.4. The zero-order valence-electron chi connectivity index (χ0n) is 18.6. The number of aromatic nitrogens is 2. The van der Waals surface area contributed by atoms with E-state index in [2.05, 4.69) is 23.8 Å². The minimum atomic E-state index is -0.653. The molecule has 0 N–H and O–H groups in total. The Morgan fingerprint density at radius 1 is 1.39 bits per heavy atom. The number of carbonyl (C=O) groups excluding carboxylic acids is 1. The van der Waals surface area contributed by atoms with Gasteiger partial charge in [0.2, 0.25) is 5.95 Å². The third-order valence-electron chi connectivity index (χ3n) is 4.96. The summed E-state index contributed by atoms with van der Waals surface area (Å²) in [6, 6.07) is 6.45. The van der Waals surface area contributed by atoms with Crippen molar-refractivity contribution in [1.29, 1.82) is 0 Å². The van der Waals surface area contributed by atoms with Crippen LogP contribution in [0.5, 0.6) is 0 Å². The van der Waals surface area contributed by atoms with Crippen LogP contribution in [-0.2, 0) is 9.47 Å². The highest BCUT2D eigenvalue weighted by molar-refractivity contribution is 6.33. The first-order chi connectivity index (χ1) is 14.4. The topological polar surface area (TPSA) is 64.5 Å². The average Bonchev–Trinajstić information content (AvgIpc) is 2.66. The highest BCUT2D eigenvalue weighted by atomic mass is 35.5. The molecule has 0 bridgehead atoms. The number of rotatable bonds is 4. The minimum Gasteiger partial charge on any atom is -0.443 e. The Balaban J connectivity index is 1.95. The maximum absolute atomic E-state index is 13.7. The fraction of sp³-hybridized carbons (Fsp3) is 0.522. The number of carbonyl (C=O) groups is 1. The number of nitrogens with zero attached hydrogens (tertiary/aromatic N) is 3. The molecule has 1 fully saturated rings. The van der Waals surface area contributed by atoms with Crippen LogP contribution in [-0.4, -0.2) is 40.4 Å². The molecule has 0 saturated carbocycles. The Kier molecular flexibility index (Phi) is 6.86. The van der Waals surface area contributed by atoms with Gasteiger partial charge in [-0.05, 0) is 65.5 Å². The van der Waals surface area contributed by atoms with Crippen LogP contribution in [0, 0.1) is 11.9 Å². The zero-order valence-corrected chi connectivity index (χ0v) is 19.4. The fourth-order valence-corrected chi connectivity index (χ4v) is 3.88. The standard InChI is InChI=1S/C23H29ClFN3O3/c1-22(2,3)31-21(29)28(14-15-9-10-30-23(4,5)12-15)20-8-6-7-18(27-20)16-11-19(25)26-13-17(16)24/h6-8,11,13,15H,9-10,12,14H2,1-5H3/t15-/m1/s1. The van der Waals surface area contributed by atoms with Crippen molar-refractivity contribution < 1.29 is 18.7 Å². The maximum atomic E-state index is 13.7. The van der Waals surface area contributed by atoms with Crippen molar-refractivity contribution in [3.05, 3.63) is 41.4 Å². The molecule has 0 radical (unpaired) electrons. The smallest absolute Gasteiger partial charge is 0.416 e. The highest BCUT2D eigenvalue weighted by Gasteiger charge is 2.33. The van der Waals surface area contributed by atoms with E-state index in [1.807, 2.05) is 20.8 Å². The lowest BCUT2D eigenvalue weighted by atomic mass is 9.88. The van der Waals surface area contributed by atoms with E-state index in [-0.39, 0.29) is 16.5 Å². The number of amides is 1. The van der Waals surface area contributed by atoms with Crippen LogP contribution in [0.25, 0.3) is 11.3 Å². The van der Waals surface area contributed by atoms with E-state index in [4.69, 9.17) is 21.1 Å². The molecule has 3 heterocycles. The second kappa shape index (κ2) is 9.09. The monoisotopic (exact) mass is 449 g/mol. The number of pyridine rings is 2. The summed E-state index contributed by atoms with van der Waals surface area (Å²) in [6.45, 7) is 10.7. The van der Waals surface area contributed by atoms with Crippen molar-refractivity contribution in [3.63, 3.8) is 0 Å². The average molecular weight is 450 g/mol. The molecular formula is C23H29ClFN3O3. The van der Waals surface area contributed by atoms with Gasteiger partial charge in [0.05, 0.1) is 16.3 Å². The van der Waals surface area contributed by atoms with Crippen LogP contribution in [0.1, 0.15) is 47.5 Å². The highest BCUT2D eigenvalue weighted by Crippen LogP contribution is 2.32. The predicted molar refractivity (Wildman–Crippen MR) is 119 cm³/mol. The Labute approximate surface area is 187 Å². The van der Waals surface area contributed by atoms with E-state index in [1.54, 1.807) is 23.1 Å². The first-order valence-corrected chi connectivity index (χ1v) is 10.7. The lowest BCUT2D eigenvalue weighted by Gasteiger charge is -2.38. The van der Waals surface area contributed by atoms with Gasteiger partial charge in [0.15, 0.2) is 0 Å². The predicted octanol–water partition coefficient (Wildman–Crippen LogP) is 5.88. The van der Waals surface area contributed by atoms with Gasteiger partial charge in [-0.3, -0.25) is 4.90 Å². The van der Waals surface area contributed by atoms with Gasteiger partial charge in [-0.2, -0.15) is 4.39 Å². The molecule has 0 aromatic carbocycles. The molecule has 168 valence electrons. The summed E-state index contributed by atoms with van der Waals surface area (Å²) in [4.78, 5) is 22.8. The maximum Gasteiger partial charge on any atom is 0.416 e. The van der Waals surface area contributed by atoms with E-state index in [0.29, 0.717) is 30.2 Å². The third kappa shape index (κ3) is 6.37. The van der Waals surface area contributed by atoms with Gasteiger partial charge in [0.1, 0.15) is 11.4 Å². The number of halogens is 2. The molecular weight excluding hydrogens is 421 g/mol. The van der Waals surface area contributed by atoms with Gasteiger partial charge in [-0.25, -0.2) is 14.8 Å². The summed E-state index contributed by atoms with van der Waals surface area (Å²) in [6.07, 6.45) is 2.42. The van der Waals surface area contributed by atoms with Gasteiger partial charge in [-0.15, -0.1) is 0 Å². The molecule has 2 aromatic heterocycles. The van der Waals surface area contributed by atoms with Crippen molar-refractivity contribution in [1.82, 2.24) is 9.97 Å². The Hall–Kier alpha value is -2.25. The molecule has 6 nitrogen and oxygen atoms in total. The van der Waals surface area contributed by atoms with E-state index < -0.39 is 17.6 Å². The van der Waals surface area contributed by atoms with Gasteiger partial charge in [-0.1, -0.05) is 17.7 Å². The third-order valence-corrected chi connectivity index (χ3v) is 5.26. The molecule has 1 aliphatic heterocycles. The molecule has 1 aliphatic rings. The van der Waals surface area contributed by atoms with E-state index >= 15 is 0 Å². The first-order valence-electron chi connectivity index (χ1n) is 10.4. The second-order valence-corrected chi connectivity index (χ2v) is 9.83. The Bertz CT molecular complexity index is 946. The normalized spacial score (nSPS) is 18.5. The fourth-order valence-electron chi connectivity index (χ4n) is 3.68. The van der Waals surface area contributed by atoms with Crippen LogP contribution in [0.2, 0.25) is 5.02 Å². The van der Waals surface area contributed by atoms with E-state index in [1.165, 1.54) is 12.3 Å². The summed E-state index contributed by atoms with van der Waals surface area (Å²) < 4.78 is 25.2. The van der Waals surface area contributed by atoms with Crippen molar-refractivity contribution in [2.24, 2.45) is 5.92 Å². The molecule has 0 unspecified atom stereocenters. The summed E-state index contributed by atoms with van der Waals surface area (Å²) in [7, 11) is 0. The number of ether oxygens (including phenoxy) is 2. The van der Waals surface area contributed by atoms with Crippen LogP contribution in [0.4, 0.5) is 15.0 Å². The molecule has 0 spiro atoms. The molecule has 1 amide bonds. The van der Waals surface area contributed by atoms with Crippen molar-refractivity contribution in [2.45, 2.75) is 58.7 Å². The van der Waals surface area contributed by atoms with Crippen LogP contribution < -0.4 is 4.90 Å². The molecule has 1 saturated heterocycles. The summed E-state index contributed by atoms with van der Waals surface area (Å²) >= 11 is 6.21. The molecule has 1 atom stereocenters. The molecule has 31 heavy (non-hydrogen) atoms. The van der Waals surface area contributed by atoms with Gasteiger partial charge >= 0.3 is 6.09 Å². The molecule has 8 heteroatoms.